The standard InChI is InChI=1S/C43H69N6O12.3CH3.Sn/c1-39(2,3)57-31(50)24-23-30(34(53)59-41(7,8)9)47-36(54)46-29(33(52)58-40(4,5)6)18-16-17-25-45-32(51)28-21-19-27(20-22-28)26-49(38(56)61-43(13,14)15)35(44)48-37(55)60-42(10,11)12;;;;/h19,21-22,29-30H,16-18,23-26H2,1-15H3,(H,45,51)(H2,44,48,55)(H2,46,47,54);3*1H3;/t29-,30-;;;;/m0..../s1. The molecule has 2 atom stereocenters. The summed E-state index contributed by atoms with van der Waals surface area (Å²) in [6.07, 6.45) is -1.12. The number of nitrogens with zero attached hydrogens (tertiary/aromatic N) is 2. The Morgan fingerprint density at radius 3 is 1.60 bits per heavy atom. The Labute approximate surface area is 390 Å². The number of carbonyl (C=O) groups is 7. The monoisotopic (exact) mass is 1030 g/mol. The molecule has 0 unspecified atom stereocenters. The van der Waals surface area contributed by atoms with Crippen molar-refractivity contribution in [3.8, 4) is 0 Å². The predicted molar refractivity (Wildman–Crippen MR) is 251 cm³/mol. The molecule has 0 saturated carbocycles. The van der Waals surface area contributed by atoms with E-state index in [4.69, 9.17) is 29.4 Å². The van der Waals surface area contributed by atoms with E-state index in [9.17, 15) is 33.6 Å². The number of ether oxygens (including phenoxy) is 5. The van der Waals surface area contributed by atoms with Crippen LogP contribution in [0.15, 0.2) is 23.2 Å². The van der Waals surface area contributed by atoms with Gasteiger partial charge in [-0.15, -0.1) is 0 Å². The number of guanidine groups is 1. The van der Waals surface area contributed by atoms with Gasteiger partial charge in [0.05, 0.1) is 0 Å². The van der Waals surface area contributed by atoms with E-state index in [-0.39, 0.29) is 38.3 Å². The van der Waals surface area contributed by atoms with Gasteiger partial charge in [-0.25, -0.2) is 9.59 Å². The molecule has 0 spiro atoms. The molecule has 0 aliphatic carbocycles. The average molecular weight is 1030 g/mol. The fraction of sp³-hybridized carbons (Fsp3) is 0.696. The number of amides is 5. The molecular formula is C46H78N6O12Sn. The minimum atomic E-state index is -3.07. The molecule has 1 aromatic rings. The van der Waals surface area contributed by atoms with Crippen molar-refractivity contribution < 1.29 is 57.2 Å². The molecule has 0 heterocycles. The molecule has 368 valence electrons. The molecule has 18 nitrogen and oxygen atoms in total. The number of carbonyl (C=O) groups excluding carboxylic acids is 7. The van der Waals surface area contributed by atoms with E-state index >= 15 is 0 Å². The first-order valence-corrected chi connectivity index (χ1v) is 32.0. The Hall–Kier alpha value is -4.62. The first-order valence-electron chi connectivity index (χ1n) is 22.0. The van der Waals surface area contributed by atoms with E-state index in [2.05, 4.69) is 35.8 Å². The number of benzene rings is 1. The molecule has 1 rings (SSSR count). The summed E-state index contributed by atoms with van der Waals surface area (Å²) >= 11 is -3.07. The van der Waals surface area contributed by atoms with Gasteiger partial charge < -0.3 is 14.8 Å². The van der Waals surface area contributed by atoms with E-state index in [0.29, 0.717) is 24.0 Å². The predicted octanol–water partition coefficient (Wildman–Crippen LogP) is 6.96. The van der Waals surface area contributed by atoms with Crippen LogP contribution in [0.2, 0.25) is 14.8 Å². The third-order valence-electron chi connectivity index (χ3n) is 8.25. The Morgan fingerprint density at radius 2 is 1.14 bits per heavy atom. The van der Waals surface area contributed by atoms with Crippen LogP contribution >= 0.6 is 0 Å². The minimum absolute atomic E-state index is 0.0862. The van der Waals surface area contributed by atoms with Crippen molar-refractivity contribution in [2.45, 2.75) is 197 Å². The van der Waals surface area contributed by atoms with Crippen molar-refractivity contribution in [2.24, 2.45) is 10.7 Å². The van der Waals surface area contributed by atoms with E-state index in [1.54, 1.807) is 116 Å². The van der Waals surface area contributed by atoms with Crippen LogP contribution in [0.4, 0.5) is 14.4 Å². The normalized spacial score (nSPS) is 13.7. The van der Waals surface area contributed by atoms with Crippen LogP contribution in [0.3, 0.4) is 0 Å². The van der Waals surface area contributed by atoms with Crippen LogP contribution < -0.4 is 25.3 Å². The first kappa shape index (κ1) is 58.4. The second kappa shape index (κ2) is 23.7. The molecule has 65 heavy (non-hydrogen) atoms. The number of hydrogen-bond donors (Lipinski definition) is 4. The van der Waals surface area contributed by atoms with Crippen molar-refractivity contribution in [1.29, 1.82) is 0 Å². The van der Waals surface area contributed by atoms with Crippen LogP contribution in [0.25, 0.3) is 0 Å². The average Bonchev–Trinajstić information content (AvgIpc) is 3.07. The third kappa shape index (κ3) is 25.0. The fourth-order valence-corrected chi connectivity index (χ4v) is 10.6. The molecule has 5 amide bonds. The van der Waals surface area contributed by atoms with Gasteiger partial charge in [0.2, 0.25) is 0 Å². The van der Waals surface area contributed by atoms with Gasteiger partial charge in [-0.05, 0) is 68.7 Å². The summed E-state index contributed by atoms with van der Waals surface area (Å²) in [4.78, 5) is 103. The second-order valence-electron chi connectivity index (χ2n) is 21.8. The van der Waals surface area contributed by atoms with Crippen molar-refractivity contribution >= 4 is 69.9 Å². The summed E-state index contributed by atoms with van der Waals surface area (Å²) in [6, 6.07) is 2.01. The summed E-state index contributed by atoms with van der Waals surface area (Å²) in [5.41, 5.74) is 3.13. The zero-order chi connectivity index (χ0) is 50.5. The summed E-state index contributed by atoms with van der Waals surface area (Å²) < 4.78 is 28.3. The van der Waals surface area contributed by atoms with Gasteiger partial charge in [0.15, 0.2) is 0 Å². The topological polar surface area (TPSA) is 243 Å². The van der Waals surface area contributed by atoms with E-state index in [0.717, 1.165) is 8.48 Å². The fourth-order valence-electron chi connectivity index (χ4n) is 5.75. The number of urea groups is 1. The molecule has 0 fully saturated rings. The SMILES string of the molecule is CC(C)(C)OC(=O)CC[C@H](NC(=O)N[C@@H](CCCCNC(=O)c1ccc(CN(C(=O)OC(C)(C)C)C(N)=NC(=O)OC(C)(C)C)[c]([Sn]([CH3])([CH3])[CH3])c1)C(=O)OC(C)(C)C)C(=O)OC(C)(C)C. The van der Waals surface area contributed by atoms with E-state index < -0.39 is 101 Å². The van der Waals surface area contributed by atoms with E-state index in [1.807, 2.05) is 6.07 Å². The second-order valence-corrected chi connectivity index (χ2v) is 36.2. The molecule has 19 heteroatoms. The number of nitrogens with two attached hydrogens (primary N) is 1. The molecule has 0 aliphatic heterocycles. The molecule has 0 saturated heterocycles. The minimum Gasteiger partial charge on any atom is -0.458 e. The summed E-state index contributed by atoms with van der Waals surface area (Å²) in [7, 11) is 0. The number of aliphatic imine (C=N–C) groups is 1. The Balaban J connectivity index is 3.22. The van der Waals surface area contributed by atoms with Crippen LogP contribution in [-0.2, 0) is 44.6 Å². The van der Waals surface area contributed by atoms with Gasteiger partial charge in [0, 0.05) is 6.42 Å². The van der Waals surface area contributed by atoms with Gasteiger partial charge in [-0.1, -0.05) is 0 Å². The molecular weight excluding hydrogens is 947 g/mol. The first-order chi connectivity index (χ1) is 29.2. The van der Waals surface area contributed by atoms with Crippen molar-refractivity contribution in [3.63, 3.8) is 0 Å². The van der Waals surface area contributed by atoms with E-state index in [1.165, 1.54) is 0 Å². The van der Waals surface area contributed by atoms with Crippen LogP contribution in [0.5, 0.6) is 0 Å². The van der Waals surface area contributed by atoms with Gasteiger partial charge in [0.1, 0.15) is 22.8 Å². The van der Waals surface area contributed by atoms with Crippen molar-refractivity contribution in [1.82, 2.24) is 20.9 Å². The molecule has 1 aromatic carbocycles. The maximum atomic E-state index is 13.5. The number of esters is 3. The number of hydrogen-bond acceptors (Lipinski definition) is 12. The van der Waals surface area contributed by atoms with Gasteiger partial charge in [-0.2, -0.15) is 0 Å². The number of rotatable bonds is 16. The molecule has 0 aromatic heterocycles. The van der Waals surface area contributed by atoms with Gasteiger partial charge in [-0.3, -0.25) is 4.79 Å². The van der Waals surface area contributed by atoms with Crippen molar-refractivity contribution in [2.75, 3.05) is 6.54 Å². The van der Waals surface area contributed by atoms with Gasteiger partial charge >= 0.3 is 265 Å². The quantitative estimate of drug-likeness (QED) is 0.0327. The van der Waals surface area contributed by atoms with Crippen LogP contribution in [0, 0.1) is 0 Å². The van der Waals surface area contributed by atoms with Crippen molar-refractivity contribution in [3.05, 3.63) is 29.3 Å². The number of unbranched alkanes of at least 4 members (excludes halogenated alkanes) is 1. The molecule has 0 radical (unpaired) electrons. The molecule has 0 aliphatic rings. The Kier molecular flexibility index (Phi) is 21.3. The molecule has 5 N–H and O–H groups in total. The summed E-state index contributed by atoms with van der Waals surface area (Å²) in [5.74, 6) is -2.76. The smallest absolute Gasteiger partial charge is 0.458 e. The number of nitrogens with one attached hydrogen (secondary N) is 3. The summed E-state index contributed by atoms with van der Waals surface area (Å²) in [5, 5.41) is 8.10. The Bertz CT molecular complexity index is 1880. The summed E-state index contributed by atoms with van der Waals surface area (Å²) in [6.45, 7) is 25.6. The zero-order valence-corrected chi connectivity index (χ0v) is 45.1. The van der Waals surface area contributed by atoms with Crippen LogP contribution in [0.1, 0.15) is 152 Å². The zero-order valence-electron chi connectivity index (χ0n) is 42.2. The maximum absolute atomic E-state index is 13.5. The molecule has 0 bridgehead atoms. The van der Waals surface area contributed by atoms with Crippen LogP contribution in [-0.4, -0.2) is 118 Å². The Morgan fingerprint density at radius 1 is 0.662 bits per heavy atom. The third-order valence-corrected chi connectivity index (χ3v) is 14.2. The van der Waals surface area contributed by atoms with Gasteiger partial charge in [0.25, 0.3) is 0 Å².